The lowest BCUT2D eigenvalue weighted by Crippen LogP contribution is -2.53. The molecule has 0 radical (unpaired) electrons. The molecule has 0 aliphatic rings. The first kappa shape index (κ1) is 31.8. The molecule has 4 aromatic rings. The van der Waals surface area contributed by atoms with E-state index < -0.39 is 28.5 Å². The first-order chi connectivity index (χ1) is 20.7. The monoisotopic (exact) mass is 663 g/mol. The number of anilines is 1. The van der Waals surface area contributed by atoms with Crippen LogP contribution in [0.15, 0.2) is 119 Å². The van der Waals surface area contributed by atoms with Crippen LogP contribution >= 0.6 is 15.9 Å². The van der Waals surface area contributed by atoms with Crippen molar-refractivity contribution in [2.75, 3.05) is 24.5 Å². The van der Waals surface area contributed by atoms with E-state index in [1.165, 1.54) is 24.1 Å². The largest absolute Gasteiger partial charge is 0.497 e. The van der Waals surface area contributed by atoms with Crippen molar-refractivity contribution in [3.8, 4) is 5.75 Å². The second kappa shape index (κ2) is 14.8. The van der Waals surface area contributed by atoms with Gasteiger partial charge in [-0.15, -0.1) is 0 Å². The minimum Gasteiger partial charge on any atom is -0.497 e. The maximum atomic E-state index is 14.4. The Hall–Kier alpha value is -4.15. The van der Waals surface area contributed by atoms with Crippen molar-refractivity contribution >= 4 is 43.5 Å². The molecule has 1 N–H and O–H groups in total. The van der Waals surface area contributed by atoms with Crippen molar-refractivity contribution in [1.82, 2.24) is 10.2 Å². The van der Waals surface area contributed by atoms with Gasteiger partial charge in [-0.2, -0.15) is 0 Å². The summed E-state index contributed by atoms with van der Waals surface area (Å²) in [5.41, 5.74) is 1.94. The molecule has 2 amide bonds. The second-order valence-electron chi connectivity index (χ2n) is 9.77. The topological polar surface area (TPSA) is 96.0 Å². The summed E-state index contributed by atoms with van der Waals surface area (Å²) < 4.78 is 35.1. The van der Waals surface area contributed by atoms with E-state index in [0.717, 1.165) is 19.9 Å². The van der Waals surface area contributed by atoms with Gasteiger partial charge in [0.05, 0.1) is 17.7 Å². The average Bonchev–Trinajstić information content (AvgIpc) is 3.02. The van der Waals surface area contributed by atoms with Gasteiger partial charge in [0.25, 0.3) is 10.0 Å². The molecule has 8 nitrogen and oxygen atoms in total. The van der Waals surface area contributed by atoms with Crippen LogP contribution in [0.5, 0.6) is 5.75 Å². The fraction of sp³-hybridized carbons (Fsp3) is 0.212. The Kier molecular flexibility index (Phi) is 11.0. The number of sulfonamides is 1. The van der Waals surface area contributed by atoms with Gasteiger partial charge < -0.3 is 15.0 Å². The normalized spacial score (nSPS) is 11.8. The Bertz CT molecular complexity index is 1620. The lowest BCUT2D eigenvalue weighted by molar-refractivity contribution is -0.140. The molecule has 0 heterocycles. The predicted molar refractivity (Wildman–Crippen MR) is 171 cm³/mol. The van der Waals surface area contributed by atoms with Gasteiger partial charge in [0.1, 0.15) is 18.3 Å². The fourth-order valence-electron chi connectivity index (χ4n) is 4.67. The molecule has 0 bridgehead atoms. The van der Waals surface area contributed by atoms with Crippen LogP contribution in [0.2, 0.25) is 0 Å². The summed E-state index contributed by atoms with van der Waals surface area (Å²) in [6, 6.07) is 30.4. The van der Waals surface area contributed by atoms with E-state index >= 15 is 0 Å². The Morgan fingerprint density at radius 3 is 2.09 bits per heavy atom. The van der Waals surface area contributed by atoms with Crippen molar-refractivity contribution in [2.24, 2.45) is 0 Å². The number of methoxy groups -OCH3 is 1. The second-order valence-corrected chi connectivity index (χ2v) is 12.6. The van der Waals surface area contributed by atoms with E-state index in [2.05, 4.69) is 21.2 Å². The minimum atomic E-state index is -4.16. The number of likely N-dealkylation sites (N-methyl/N-ethyl adjacent to an activating group) is 1. The SMILES string of the molecule is CCNC(=O)C(Cc1ccccc1)N(Cc1cccc(Br)c1)C(=O)CN(c1ccc(OC)cc1)S(=O)(=O)c1ccccc1. The Balaban J connectivity index is 1.79. The van der Waals surface area contributed by atoms with Crippen molar-refractivity contribution < 1.29 is 22.7 Å². The molecule has 0 spiro atoms. The van der Waals surface area contributed by atoms with Crippen molar-refractivity contribution in [2.45, 2.75) is 30.8 Å². The van der Waals surface area contributed by atoms with Gasteiger partial charge in [0.2, 0.25) is 11.8 Å². The Morgan fingerprint density at radius 1 is 0.860 bits per heavy atom. The zero-order valence-corrected chi connectivity index (χ0v) is 26.4. The van der Waals surface area contributed by atoms with Crippen LogP contribution in [0, 0.1) is 0 Å². The predicted octanol–water partition coefficient (Wildman–Crippen LogP) is 5.43. The number of hydrogen-bond acceptors (Lipinski definition) is 5. The molecule has 0 fully saturated rings. The summed E-state index contributed by atoms with van der Waals surface area (Å²) in [5.74, 6) is -0.304. The van der Waals surface area contributed by atoms with E-state index in [4.69, 9.17) is 4.74 Å². The van der Waals surface area contributed by atoms with Crippen molar-refractivity contribution in [3.63, 3.8) is 0 Å². The molecule has 224 valence electrons. The number of nitrogens with zero attached hydrogens (tertiary/aromatic N) is 2. The van der Waals surface area contributed by atoms with E-state index in [1.54, 1.807) is 42.5 Å². The zero-order chi connectivity index (χ0) is 30.8. The van der Waals surface area contributed by atoms with Crippen LogP contribution in [0.25, 0.3) is 0 Å². The molecular formula is C33H34BrN3O5S. The number of nitrogens with one attached hydrogen (secondary N) is 1. The number of amides is 2. The van der Waals surface area contributed by atoms with Gasteiger partial charge in [-0.3, -0.25) is 13.9 Å². The number of halogens is 1. The number of benzene rings is 4. The minimum absolute atomic E-state index is 0.0433. The van der Waals surface area contributed by atoms with Crippen LogP contribution in [-0.4, -0.2) is 51.4 Å². The summed E-state index contributed by atoms with van der Waals surface area (Å²) >= 11 is 3.49. The molecule has 1 unspecified atom stereocenters. The molecule has 0 saturated heterocycles. The van der Waals surface area contributed by atoms with Gasteiger partial charge >= 0.3 is 0 Å². The standard InChI is InChI=1S/C33H34BrN3O5S/c1-3-35-33(39)31(22-25-11-6-4-7-12-25)36(23-26-13-10-14-27(34)21-26)32(38)24-37(28-17-19-29(42-2)20-18-28)43(40,41)30-15-8-5-9-16-30/h4-21,31H,3,22-24H2,1-2H3,(H,35,39). The van der Waals surface area contributed by atoms with Gasteiger partial charge in [0.15, 0.2) is 0 Å². The quantitative estimate of drug-likeness (QED) is 0.206. The Morgan fingerprint density at radius 2 is 1.49 bits per heavy atom. The highest BCUT2D eigenvalue weighted by molar-refractivity contribution is 9.10. The fourth-order valence-corrected chi connectivity index (χ4v) is 6.56. The van der Waals surface area contributed by atoms with E-state index in [0.29, 0.717) is 12.3 Å². The van der Waals surface area contributed by atoms with Crippen LogP contribution in [0.4, 0.5) is 5.69 Å². The molecule has 4 rings (SSSR count). The zero-order valence-electron chi connectivity index (χ0n) is 24.0. The Labute approximate surface area is 261 Å². The highest BCUT2D eigenvalue weighted by atomic mass is 79.9. The molecule has 0 aliphatic heterocycles. The summed E-state index contributed by atoms with van der Waals surface area (Å²) in [6.07, 6.45) is 0.250. The van der Waals surface area contributed by atoms with Crippen LogP contribution in [0.3, 0.4) is 0 Å². The van der Waals surface area contributed by atoms with E-state index in [9.17, 15) is 18.0 Å². The smallest absolute Gasteiger partial charge is 0.264 e. The average molecular weight is 665 g/mol. The van der Waals surface area contributed by atoms with Gasteiger partial charge in [0, 0.05) is 24.0 Å². The van der Waals surface area contributed by atoms with Crippen molar-refractivity contribution in [3.05, 3.63) is 125 Å². The number of ether oxygens (including phenoxy) is 1. The number of carbonyl (C=O) groups is 2. The lowest BCUT2D eigenvalue weighted by Gasteiger charge is -2.34. The van der Waals surface area contributed by atoms with Crippen LogP contribution in [0.1, 0.15) is 18.1 Å². The van der Waals surface area contributed by atoms with E-state index in [-0.39, 0.29) is 29.5 Å². The lowest BCUT2D eigenvalue weighted by atomic mass is 10.0. The third-order valence-electron chi connectivity index (χ3n) is 6.83. The molecule has 0 aromatic heterocycles. The van der Waals surface area contributed by atoms with Gasteiger partial charge in [-0.05, 0) is 66.6 Å². The van der Waals surface area contributed by atoms with E-state index in [1.807, 2.05) is 61.5 Å². The van der Waals surface area contributed by atoms with Crippen LogP contribution < -0.4 is 14.4 Å². The first-order valence-electron chi connectivity index (χ1n) is 13.8. The van der Waals surface area contributed by atoms with Crippen LogP contribution in [-0.2, 0) is 32.6 Å². The van der Waals surface area contributed by atoms with Crippen molar-refractivity contribution in [1.29, 1.82) is 0 Å². The highest BCUT2D eigenvalue weighted by Gasteiger charge is 2.34. The highest BCUT2D eigenvalue weighted by Crippen LogP contribution is 2.27. The number of hydrogen-bond donors (Lipinski definition) is 1. The molecule has 4 aromatic carbocycles. The van der Waals surface area contributed by atoms with Gasteiger partial charge in [-0.25, -0.2) is 8.42 Å². The molecule has 10 heteroatoms. The van der Waals surface area contributed by atoms with Gasteiger partial charge in [-0.1, -0.05) is 76.6 Å². The maximum absolute atomic E-state index is 14.4. The molecule has 0 saturated carbocycles. The first-order valence-corrected chi connectivity index (χ1v) is 16.0. The molecule has 0 aliphatic carbocycles. The third kappa shape index (κ3) is 8.24. The maximum Gasteiger partial charge on any atom is 0.264 e. The summed E-state index contributed by atoms with van der Waals surface area (Å²) in [5, 5.41) is 2.86. The number of carbonyl (C=O) groups excluding carboxylic acids is 2. The molecular weight excluding hydrogens is 630 g/mol. The third-order valence-corrected chi connectivity index (χ3v) is 9.12. The summed E-state index contributed by atoms with van der Waals surface area (Å²) in [6.45, 7) is 1.76. The molecule has 43 heavy (non-hydrogen) atoms. The summed E-state index contributed by atoms with van der Waals surface area (Å²) in [4.78, 5) is 29.4. The molecule has 1 atom stereocenters. The number of rotatable bonds is 13. The summed E-state index contributed by atoms with van der Waals surface area (Å²) in [7, 11) is -2.64.